The Kier molecular flexibility index (Phi) is 5.57. The highest BCUT2D eigenvalue weighted by molar-refractivity contribution is 9.10. The Balaban J connectivity index is 2.16. The van der Waals surface area contributed by atoms with Crippen LogP contribution in [-0.2, 0) is 16.9 Å². The van der Waals surface area contributed by atoms with E-state index in [0.29, 0.717) is 0 Å². The highest BCUT2D eigenvalue weighted by Crippen LogP contribution is 2.22. The van der Waals surface area contributed by atoms with Crippen molar-refractivity contribution in [3.8, 4) is 0 Å². The van der Waals surface area contributed by atoms with Gasteiger partial charge in [-0.3, -0.25) is 4.79 Å². The highest BCUT2D eigenvalue weighted by atomic mass is 79.9. The molecule has 0 heterocycles. The normalized spacial score (nSPS) is 13.7. The Hall–Kier alpha value is -1.69. The molecule has 5 heteroatoms. The highest BCUT2D eigenvalue weighted by Gasteiger charge is 2.30. The predicted octanol–water partition coefficient (Wildman–Crippen LogP) is 3.32. The maximum Gasteiger partial charge on any atom is 0.248 e. The van der Waals surface area contributed by atoms with Crippen LogP contribution in [0.15, 0.2) is 53.0 Å². The summed E-state index contributed by atoms with van der Waals surface area (Å²) in [4.78, 5) is 14.7. The van der Waals surface area contributed by atoms with Crippen LogP contribution in [0.4, 0.5) is 5.69 Å². The summed E-state index contributed by atoms with van der Waals surface area (Å²) >= 11 is 3.39. The molecule has 1 amide bonds. The molecule has 2 rings (SSSR count). The predicted molar refractivity (Wildman–Crippen MR) is 98.1 cm³/mol. The fraction of sp³-hybridized carbons (Fsp3) is 0.278. The van der Waals surface area contributed by atoms with E-state index in [2.05, 4.69) is 26.1 Å². The van der Waals surface area contributed by atoms with E-state index >= 15 is 0 Å². The smallest absolute Gasteiger partial charge is 0.248 e. The van der Waals surface area contributed by atoms with Gasteiger partial charge in [0.1, 0.15) is 5.54 Å². The molecular formula is C18H22BrN3O. The molecule has 2 aromatic carbocycles. The number of nitrogens with zero attached hydrogens (tertiary/aromatic N) is 1. The average Bonchev–Trinajstić information content (AvgIpc) is 2.47. The van der Waals surface area contributed by atoms with Crippen molar-refractivity contribution >= 4 is 27.5 Å². The van der Waals surface area contributed by atoms with Crippen molar-refractivity contribution in [3.05, 3.63) is 64.1 Å². The van der Waals surface area contributed by atoms with Crippen LogP contribution in [0.3, 0.4) is 0 Å². The lowest BCUT2D eigenvalue weighted by Gasteiger charge is -2.24. The first kappa shape index (κ1) is 17.7. The van der Waals surface area contributed by atoms with Gasteiger partial charge in [0.15, 0.2) is 0 Å². The average molecular weight is 376 g/mol. The number of carbonyl (C=O) groups is 1. The molecule has 0 aliphatic heterocycles. The second-order valence-electron chi connectivity index (χ2n) is 6.10. The number of hydrogen-bond acceptors (Lipinski definition) is 3. The quantitative estimate of drug-likeness (QED) is 0.842. The SMILES string of the molecule is CN(C)Cc1cccc(NC(=O)C(C)(N)c2ccc(Br)cc2)c1. The van der Waals surface area contributed by atoms with Gasteiger partial charge in [0.2, 0.25) is 5.91 Å². The number of rotatable bonds is 5. The van der Waals surface area contributed by atoms with Crippen molar-refractivity contribution in [2.45, 2.75) is 19.0 Å². The van der Waals surface area contributed by atoms with Gasteiger partial charge in [0.25, 0.3) is 0 Å². The number of halogens is 1. The van der Waals surface area contributed by atoms with Crippen molar-refractivity contribution in [2.75, 3.05) is 19.4 Å². The third-order valence-corrected chi connectivity index (χ3v) is 4.13. The number of amides is 1. The summed E-state index contributed by atoms with van der Waals surface area (Å²) < 4.78 is 0.953. The van der Waals surface area contributed by atoms with E-state index < -0.39 is 5.54 Å². The van der Waals surface area contributed by atoms with Crippen LogP contribution < -0.4 is 11.1 Å². The lowest BCUT2D eigenvalue weighted by Crippen LogP contribution is -2.45. The maximum absolute atomic E-state index is 12.6. The summed E-state index contributed by atoms with van der Waals surface area (Å²) in [5.74, 6) is -0.234. The number of benzene rings is 2. The van der Waals surface area contributed by atoms with Gasteiger partial charge in [-0.1, -0.05) is 40.2 Å². The van der Waals surface area contributed by atoms with E-state index in [1.807, 2.05) is 62.6 Å². The van der Waals surface area contributed by atoms with Gasteiger partial charge < -0.3 is 16.0 Å². The van der Waals surface area contributed by atoms with Gasteiger partial charge in [-0.15, -0.1) is 0 Å². The Morgan fingerprint density at radius 2 is 1.87 bits per heavy atom. The molecule has 0 saturated heterocycles. The Morgan fingerprint density at radius 1 is 1.22 bits per heavy atom. The third kappa shape index (κ3) is 4.64. The molecule has 1 atom stereocenters. The van der Waals surface area contributed by atoms with E-state index in [4.69, 9.17) is 5.73 Å². The first-order valence-electron chi connectivity index (χ1n) is 7.39. The molecule has 0 aliphatic rings. The minimum absolute atomic E-state index is 0.234. The molecule has 3 N–H and O–H groups in total. The maximum atomic E-state index is 12.6. The number of nitrogens with two attached hydrogens (primary N) is 1. The molecule has 23 heavy (non-hydrogen) atoms. The molecular weight excluding hydrogens is 354 g/mol. The summed E-state index contributed by atoms with van der Waals surface area (Å²) in [5, 5.41) is 2.91. The van der Waals surface area contributed by atoms with Gasteiger partial charge in [-0.2, -0.15) is 0 Å². The molecule has 0 aromatic heterocycles. The molecule has 0 aliphatic carbocycles. The minimum Gasteiger partial charge on any atom is -0.324 e. The lowest BCUT2D eigenvalue weighted by atomic mass is 9.92. The van der Waals surface area contributed by atoms with Crippen LogP contribution in [0.5, 0.6) is 0 Å². The van der Waals surface area contributed by atoms with E-state index in [-0.39, 0.29) is 5.91 Å². The van der Waals surface area contributed by atoms with Gasteiger partial charge in [0.05, 0.1) is 0 Å². The first-order valence-corrected chi connectivity index (χ1v) is 8.18. The Morgan fingerprint density at radius 3 is 2.48 bits per heavy atom. The van der Waals surface area contributed by atoms with Crippen molar-refractivity contribution in [1.29, 1.82) is 0 Å². The molecule has 122 valence electrons. The second-order valence-corrected chi connectivity index (χ2v) is 7.02. The van der Waals surface area contributed by atoms with Crippen LogP contribution in [-0.4, -0.2) is 24.9 Å². The van der Waals surface area contributed by atoms with Crippen molar-refractivity contribution in [2.24, 2.45) is 5.73 Å². The summed E-state index contributed by atoms with van der Waals surface area (Å²) in [7, 11) is 4.02. The third-order valence-electron chi connectivity index (χ3n) is 3.60. The summed E-state index contributed by atoms with van der Waals surface area (Å²) in [5.41, 5.74) is 7.82. The van der Waals surface area contributed by atoms with Crippen LogP contribution in [0.1, 0.15) is 18.1 Å². The fourth-order valence-corrected chi connectivity index (χ4v) is 2.57. The van der Waals surface area contributed by atoms with Crippen molar-refractivity contribution in [3.63, 3.8) is 0 Å². The van der Waals surface area contributed by atoms with Crippen molar-refractivity contribution < 1.29 is 4.79 Å². The minimum atomic E-state index is -1.10. The Bertz CT molecular complexity index is 681. The zero-order valence-corrected chi connectivity index (χ0v) is 15.2. The van der Waals surface area contributed by atoms with Crippen LogP contribution >= 0.6 is 15.9 Å². The van der Waals surface area contributed by atoms with E-state index in [1.54, 1.807) is 6.92 Å². The Labute approximate surface area is 145 Å². The number of nitrogens with one attached hydrogen (secondary N) is 1. The monoisotopic (exact) mass is 375 g/mol. The molecule has 2 aromatic rings. The summed E-state index contributed by atoms with van der Waals surface area (Å²) in [6.07, 6.45) is 0. The molecule has 0 fully saturated rings. The zero-order chi connectivity index (χ0) is 17.0. The standard InChI is InChI=1S/C18H22BrN3O/c1-18(20,14-7-9-15(19)10-8-14)17(23)21-16-6-4-5-13(11-16)12-22(2)3/h4-11H,12,20H2,1-3H3,(H,21,23). The summed E-state index contributed by atoms with van der Waals surface area (Å²) in [6, 6.07) is 15.3. The van der Waals surface area contributed by atoms with Gasteiger partial charge in [-0.05, 0) is 56.4 Å². The second kappa shape index (κ2) is 7.25. The van der Waals surface area contributed by atoms with E-state index in [0.717, 1.165) is 27.8 Å². The fourth-order valence-electron chi connectivity index (χ4n) is 2.30. The van der Waals surface area contributed by atoms with Crippen LogP contribution in [0.25, 0.3) is 0 Å². The topological polar surface area (TPSA) is 58.4 Å². The van der Waals surface area contributed by atoms with Crippen molar-refractivity contribution in [1.82, 2.24) is 4.90 Å². The molecule has 4 nitrogen and oxygen atoms in total. The summed E-state index contributed by atoms with van der Waals surface area (Å²) in [6.45, 7) is 2.53. The molecule has 0 bridgehead atoms. The van der Waals surface area contributed by atoms with Crippen LogP contribution in [0, 0.1) is 0 Å². The number of carbonyl (C=O) groups excluding carboxylic acids is 1. The van der Waals surface area contributed by atoms with E-state index in [1.165, 1.54) is 0 Å². The molecule has 0 spiro atoms. The lowest BCUT2D eigenvalue weighted by molar-refractivity contribution is -0.120. The van der Waals surface area contributed by atoms with Gasteiger partial charge in [0, 0.05) is 16.7 Å². The van der Waals surface area contributed by atoms with Gasteiger partial charge in [-0.25, -0.2) is 0 Å². The number of hydrogen-bond donors (Lipinski definition) is 2. The first-order chi connectivity index (χ1) is 10.8. The van der Waals surface area contributed by atoms with E-state index in [9.17, 15) is 4.79 Å². The molecule has 0 radical (unpaired) electrons. The molecule has 1 unspecified atom stereocenters. The largest absolute Gasteiger partial charge is 0.324 e. The zero-order valence-electron chi connectivity index (χ0n) is 13.6. The van der Waals surface area contributed by atoms with Gasteiger partial charge >= 0.3 is 0 Å². The number of anilines is 1. The molecule has 0 saturated carbocycles. The van der Waals surface area contributed by atoms with Crippen LogP contribution in [0.2, 0.25) is 0 Å².